The van der Waals surface area contributed by atoms with Gasteiger partial charge in [-0.15, -0.1) is 0 Å². The number of rotatable bonds is 6. The molecule has 0 atom stereocenters. The van der Waals surface area contributed by atoms with E-state index in [2.05, 4.69) is 34.4 Å². The number of carbonyl (C=O) groups excluding carboxylic acids is 2. The van der Waals surface area contributed by atoms with Crippen LogP contribution in [0.4, 0.5) is 0 Å². The van der Waals surface area contributed by atoms with Crippen LogP contribution in [0.3, 0.4) is 0 Å². The number of nitrogens with zero attached hydrogens (tertiary/aromatic N) is 2. The van der Waals surface area contributed by atoms with Crippen LogP contribution in [0.5, 0.6) is 0 Å². The minimum Gasteiger partial charge on any atom is -0.302 e. The van der Waals surface area contributed by atoms with Crippen molar-refractivity contribution in [2.75, 3.05) is 26.2 Å². The predicted octanol–water partition coefficient (Wildman–Crippen LogP) is -0.680. The average Bonchev–Trinajstić information content (AvgIpc) is 2.57. The highest BCUT2D eigenvalue weighted by Crippen LogP contribution is 1.91. The van der Waals surface area contributed by atoms with E-state index in [1.54, 1.807) is 0 Å². The van der Waals surface area contributed by atoms with Crippen LogP contribution in [0.15, 0.2) is 4.99 Å². The van der Waals surface area contributed by atoms with E-state index in [4.69, 9.17) is 0 Å². The van der Waals surface area contributed by atoms with Crippen LogP contribution in [0.2, 0.25) is 0 Å². The van der Waals surface area contributed by atoms with Gasteiger partial charge in [-0.3, -0.25) is 25.2 Å². The van der Waals surface area contributed by atoms with Crippen LogP contribution in [0, 0.1) is 0 Å². The first-order chi connectivity index (χ1) is 7.67. The summed E-state index contributed by atoms with van der Waals surface area (Å²) in [4.78, 5) is 28.0. The van der Waals surface area contributed by atoms with E-state index in [1.165, 1.54) is 0 Å². The Kier molecular flexibility index (Phi) is 4.91. The first-order valence-electron chi connectivity index (χ1n) is 5.56. The second-order valence-electron chi connectivity index (χ2n) is 3.57. The minimum absolute atomic E-state index is 0.266. The molecule has 1 rings (SSSR count). The fraction of sp³-hybridized carbons (Fsp3) is 0.700. The van der Waals surface area contributed by atoms with Crippen LogP contribution in [0.1, 0.15) is 20.3 Å². The van der Waals surface area contributed by atoms with Crippen LogP contribution >= 0.6 is 0 Å². The van der Waals surface area contributed by atoms with Crippen LogP contribution in [-0.4, -0.2) is 48.9 Å². The summed E-state index contributed by atoms with van der Waals surface area (Å²) >= 11 is 0. The summed E-state index contributed by atoms with van der Waals surface area (Å²) in [5.74, 6) is -1.01. The lowest BCUT2D eigenvalue weighted by atomic mass is 10.4. The maximum Gasteiger partial charge on any atom is 0.316 e. The van der Waals surface area contributed by atoms with Gasteiger partial charge in [-0.1, -0.05) is 13.8 Å². The van der Waals surface area contributed by atoms with Crippen LogP contribution < -0.4 is 10.6 Å². The van der Waals surface area contributed by atoms with E-state index in [0.717, 1.165) is 26.1 Å². The molecule has 90 valence electrons. The Morgan fingerprint density at radius 1 is 1.12 bits per heavy atom. The molecule has 0 bridgehead atoms. The van der Waals surface area contributed by atoms with E-state index in [0.29, 0.717) is 6.54 Å². The largest absolute Gasteiger partial charge is 0.316 e. The topological polar surface area (TPSA) is 73.8 Å². The molecule has 6 nitrogen and oxygen atoms in total. The van der Waals surface area contributed by atoms with Gasteiger partial charge >= 0.3 is 11.8 Å². The van der Waals surface area contributed by atoms with E-state index < -0.39 is 11.8 Å². The molecule has 6 heteroatoms. The average molecular weight is 226 g/mol. The molecule has 0 aliphatic carbocycles. The van der Waals surface area contributed by atoms with Crippen LogP contribution in [0.25, 0.3) is 0 Å². The standard InChI is InChI=1S/C10H18N4O2/c1-3-6-14(4-2)7-5-11-10-12-8(15)9(16)13-10/h3-7H2,1-2H3,(H2,11,12,13,15,16). The molecule has 0 spiro atoms. The van der Waals surface area contributed by atoms with Crippen molar-refractivity contribution in [2.24, 2.45) is 4.99 Å². The van der Waals surface area contributed by atoms with Gasteiger partial charge in [0.05, 0.1) is 6.54 Å². The van der Waals surface area contributed by atoms with Gasteiger partial charge in [0.2, 0.25) is 5.96 Å². The third-order valence-electron chi connectivity index (χ3n) is 2.34. The maximum atomic E-state index is 10.8. The first-order valence-corrected chi connectivity index (χ1v) is 5.56. The third-order valence-corrected chi connectivity index (χ3v) is 2.34. The van der Waals surface area contributed by atoms with E-state index in [1.807, 2.05) is 0 Å². The Bertz CT molecular complexity index is 283. The molecule has 2 N–H and O–H groups in total. The van der Waals surface area contributed by atoms with E-state index >= 15 is 0 Å². The van der Waals surface area contributed by atoms with Gasteiger partial charge in [0.1, 0.15) is 0 Å². The molecule has 0 saturated carbocycles. The van der Waals surface area contributed by atoms with Gasteiger partial charge < -0.3 is 4.90 Å². The smallest absolute Gasteiger partial charge is 0.302 e. The summed E-state index contributed by atoms with van der Waals surface area (Å²) in [7, 11) is 0. The van der Waals surface area contributed by atoms with E-state index in [9.17, 15) is 9.59 Å². The quantitative estimate of drug-likeness (QED) is 0.589. The lowest BCUT2D eigenvalue weighted by molar-refractivity contribution is -0.135. The molecule has 0 radical (unpaired) electrons. The Labute approximate surface area is 95.1 Å². The molecule has 1 fully saturated rings. The molecule has 1 heterocycles. The minimum atomic E-state index is -0.639. The van der Waals surface area contributed by atoms with Crippen molar-refractivity contribution >= 4 is 17.8 Å². The highest BCUT2D eigenvalue weighted by Gasteiger charge is 2.24. The van der Waals surface area contributed by atoms with Gasteiger partial charge in [0, 0.05) is 6.54 Å². The Morgan fingerprint density at radius 2 is 1.75 bits per heavy atom. The van der Waals surface area contributed by atoms with Gasteiger partial charge in [-0.05, 0) is 19.5 Å². The van der Waals surface area contributed by atoms with Crippen molar-refractivity contribution in [1.29, 1.82) is 0 Å². The van der Waals surface area contributed by atoms with Crippen molar-refractivity contribution in [3.63, 3.8) is 0 Å². The molecule has 1 aliphatic rings. The Balaban J connectivity index is 2.31. The Morgan fingerprint density at radius 3 is 2.25 bits per heavy atom. The summed E-state index contributed by atoms with van der Waals surface area (Å²) < 4.78 is 0. The lowest BCUT2D eigenvalue weighted by Crippen LogP contribution is -2.30. The molecular weight excluding hydrogens is 208 g/mol. The molecule has 16 heavy (non-hydrogen) atoms. The molecule has 0 unspecified atom stereocenters. The number of amides is 2. The first kappa shape index (κ1) is 12.6. The molecule has 0 aromatic rings. The molecule has 1 aliphatic heterocycles. The van der Waals surface area contributed by atoms with Gasteiger partial charge in [-0.2, -0.15) is 0 Å². The third kappa shape index (κ3) is 3.62. The SMILES string of the molecule is CCCN(CC)CCN=C1NC(=O)C(=O)N1. The normalized spacial score (nSPS) is 15.3. The number of likely N-dealkylation sites (N-methyl/N-ethyl adjacent to an activating group) is 1. The zero-order valence-electron chi connectivity index (χ0n) is 9.75. The van der Waals surface area contributed by atoms with Crippen molar-refractivity contribution in [2.45, 2.75) is 20.3 Å². The number of aliphatic imine (C=N–C) groups is 1. The highest BCUT2D eigenvalue weighted by atomic mass is 16.2. The molecule has 0 aromatic carbocycles. The highest BCUT2D eigenvalue weighted by molar-refractivity contribution is 6.45. The monoisotopic (exact) mass is 226 g/mol. The maximum absolute atomic E-state index is 10.8. The fourth-order valence-corrected chi connectivity index (χ4v) is 1.49. The summed E-state index contributed by atoms with van der Waals surface area (Å²) in [5.41, 5.74) is 0. The summed E-state index contributed by atoms with van der Waals surface area (Å²) in [6, 6.07) is 0. The molecular formula is C10H18N4O2. The van der Waals surface area contributed by atoms with Gasteiger partial charge in [-0.25, -0.2) is 0 Å². The van der Waals surface area contributed by atoms with Crippen molar-refractivity contribution < 1.29 is 9.59 Å². The molecule has 0 aromatic heterocycles. The summed E-state index contributed by atoms with van der Waals surface area (Å²) in [6.45, 7) is 7.66. The predicted molar refractivity (Wildman–Crippen MR) is 61.0 cm³/mol. The van der Waals surface area contributed by atoms with Gasteiger partial charge in [0.15, 0.2) is 0 Å². The number of hydrogen-bond donors (Lipinski definition) is 2. The Hall–Kier alpha value is -1.43. The summed E-state index contributed by atoms with van der Waals surface area (Å²) in [6.07, 6.45) is 1.11. The zero-order valence-corrected chi connectivity index (χ0v) is 9.75. The lowest BCUT2D eigenvalue weighted by Gasteiger charge is -2.17. The van der Waals surface area contributed by atoms with E-state index in [-0.39, 0.29) is 5.96 Å². The fourth-order valence-electron chi connectivity index (χ4n) is 1.49. The number of nitrogens with one attached hydrogen (secondary N) is 2. The van der Waals surface area contributed by atoms with Gasteiger partial charge in [0.25, 0.3) is 0 Å². The molecule has 1 saturated heterocycles. The number of hydrogen-bond acceptors (Lipinski definition) is 4. The van der Waals surface area contributed by atoms with Crippen LogP contribution in [-0.2, 0) is 9.59 Å². The zero-order chi connectivity index (χ0) is 12.0. The van der Waals surface area contributed by atoms with Crippen molar-refractivity contribution in [1.82, 2.24) is 15.5 Å². The molecule has 2 amide bonds. The number of guanidine groups is 1. The van der Waals surface area contributed by atoms with Crippen molar-refractivity contribution in [3.8, 4) is 0 Å². The van der Waals surface area contributed by atoms with Crippen molar-refractivity contribution in [3.05, 3.63) is 0 Å². The second-order valence-corrected chi connectivity index (χ2v) is 3.57. The summed E-state index contributed by atoms with van der Waals surface area (Å²) in [5, 5.41) is 4.72. The number of carbonyl (C=O) groups is 2. The second kappa shape index (κ2) is 6.22.